The predicted octanol–water partition coefficient (Wildman–Crippen LogP) is 3.53. The maximum Gasteiger partial charge on any atom is 0.123 e. The fourth-order valence-corrected chi connectivity index (χ4v) is 3.70. The van der Waals surface area contributed by atoms with Crippen molar-refractivity contribution in [3.8, 4) is 12.1 Å². The molecule has 0 bridgehead atoms. The molecular formula is C18H16FN3. The van der Waals surface area contributed by atoms with Crippen molar-refractivity contribution in [3.63, 3.8) is 0 Å². The Balaban J connectivity index is 2.17. The molecule has 0 heterocycles. The van der Waals surface area contributed by atoms with Gasteiger partial charge in [-0.1, -0.05) is 18.2 Å². The highest BCUT2D eigenvalue weighted by atomic mass is 19.1. The highest BCUT2D eigenvalue weighted by Crippen LogP contribution is 2.49. The van der Waals surface area contributed by atoms with E-state index in [4.69, 9.17) is 5.73 Å². The van der Waals surface area contributed by atoms with Gasteiger partial charge in [-0.3, -0.25) is 0 Å². The van der Waals surface area contributed by atoms with Gasteiger partial charge in [0.2, 0.25) is 0 Å². The van der Waals surface area contributed by atoms with Crippen molar-refractivity contribution in [1.29, 1.82) is 10.5 Å². The average Bonchev–Trinajstić information content (AvgIpc) is 2.55. The number of hydrogen-bond acceptors (Lipinski definition) is 3. The number of fused-ring (bicyclic) bond motifs is 1. The first kappa shape index (κ1) is 14.4. The third-order valence-electron chi connectivity index (χ3n) is 4.69. The highest BCUT2D eigenvalue weighted by Gasteiger charge is 2.42. The topological polar surface area (TPSA) is 73.6 Å². The quantitative estimate of drug-likeness (QED) is 0.860. The van der Waals surface area contributed by atoms with Crippen LogP contribution >= 0.6 is 0 Å². The largest absolute Gasteiger partial charge is 0.400 e. The lowest BCUT2D eigenvalue weighted by molar-refractivity contribution is 0.368. The zero-order valence-electron chi connectivity index (χ0n) is 12.1. The molecular weight excluding hydrogens is 277 g/mol. The van der Waals surface area contributed by atoms with Gasteiger partial charge in [-0.2, -0.15) is 10.5 Å². The average molecular weight is 293 g/mol. The fourth-order valence-electron chi connectivity index (χ4n) is 3.70. The number of halogens is 1. The molecule has 3 rings (SSSR count). The van der Waals surface area contributed by atoms with Crippen molar-refractivity contribution in [1.82, 2.24) is 0 Å². The van der Waals surface area contributed by atoms with Crippen LogP contribution in [0.5, 0.6) is 0 Å². The highest BCUT2D eigenvalue weighted by molar-refractivity contribution is 5.54. The van der Waals surface area contributed by atoms with Gasteiger partial charge >= 0.3 is 0 Å². The summed E-state index contributed by atoms with van der Waals surface area (Å²) in [5, 5.41) is 19.0. The number of hydrogen-bond donors (Lipinski definition) is 1. The number of nitrogens with two attached hydrogens (primary N) is 1. The summed E-state index contributed by atoms with van der Waals surface area (Å²) in [4.78, 5) is 0. The molecule has 1 aromatic carbocycles. The second-order valence-electron chi connectivity index (χ2n) is 5.82. The lowest BCUT2D eigenvalue weighted by Crippen LogP contribution is -2.34. The molecule has 3 nitrogen and oxygen atoms in total. The molecule has 0 fully saturated rings. The number of nitriles is 2. The normalized spacial score (nSPS) is 27.4. The van der Waals surface area contributed by atoms with E-state index in [-0.39, 0.29) is 17.7 Å². The minimum absolute atomic E-state index is 0.103. The molecule has 110 valence electrons. The second-order valence-corrected chi connectivity index (χ2v) is 5.82. The van der Waals surface area contributed by atoms with Crippen molar-refractivity contribution in [2.24, 2.45) is 17.6 Å². The standard InChI is InChI=1S/C18H16FN3/c19-12-7-5-11(6-8-12)17-14-4-2-1-3-13(14)15(9-20)18(22)16(17)10-21/h3,5-8,14,16-17H,1-2,4,22H2/t14-,16-,17-/m1/s1. The molecule has 1 aromatic rings. The van der Waals surface area contributed by atoms with Crippen molar-refractivity contribution < 1.29 is 4.39 Å². The number of benzene rings is 1. The van der Waals surface area contributed by atoms with E-state index in [9.17, 15) is 14.9 Å². The Bertz CT molecular complexity index is 731. The first-order valence-electron chi connectivity index (χ1n) is 7.42. The Labute approximate surface area is 129 Å². The molecule has 0 amide bonds. The van der Waals surface area contributed by atoms with E-state index in [1.807, 2.05) is 0 Å². The van der Waals surface area contributed by atoms with E-state index in [0.29, 0.717) is 11.3 Å². The van der Waals surface area contributed by atoms with Crippen LogP contribution in [-0.2, 0) is 0 Å². The summed E-state index contributed by atoms with van der Waals surface area (Å²) in [5.41, 5.74) is 8.82. The zero-order valence-corrected chi connectivity index (χ0v) is 12.1. The van der Waals surface area contributed by atoms with Gasteiger partial charge in [0.1, 0.15) is 11.9 Å². The van der Waals surface area contributed by atoms with E-state index in [1.54, 1.807) is 12.1 Å². The molecule has 4 heteroatoms. The summed E-state index contributed by atoms with van der Waals surface area (Å²) in [5.74, 6) is -0.853. The van der Waals surface area contributed by atoms with Crippen molar-refractivity contribution in [3.05, 3.63) is 58.6 Å². The molecule has 0 unspecified atom stereocenters. The Kier molecular flexibility index (Phi) is 3.69. The number of rotatable bonds is 1. The van der Waals surface area contributed by atoms with Crippen LogP contribution in [0, 0.1) is 40.3 Å². The van der Waals surface area contributed by atoms with Gasteiger partial charge in [0.25, 0.3) is 0 Å². The molecule has 0 radical (unpaired) electrons. The lowest BCUT2D eigenvalue weighted by atomic mass is 9.63. The Morgan fingerprint density at radius 3 is 2.55 bits per heavy atom. The fraction of sp³-hybridized carbons (Fsp3) is 0.333. The third kappa shape index (κ3) is 2.18. The van der Waals surface area contributed by atoms with Gasteiger partial charge in [0, 0.05) is 11.6 Å². The molecule has 3 atom stereocenters. The maximum atomic E-state index is 13.2. The number of nitrogens with zero attached hydrogens (tertiary/aromatic N) is 2. The molecule has 0 aromatic heterocycles. The first-order chi connectivity index (χ1) is 10.7. The van der Waals surface area contributed by atoms with Crippen LogP contribution in [0.4, 0.5) is 4.39 Å². The molecule has 22 heavy (non-hydrogen) atoms. The van der Waals surface area contributed by atoms with Gasteiger partial charge < -0.3 is 5.73 Å². The van der Waals surface area contributed by atoms with E-state index in [2.05, 4.69) is 18.2 Å². The second kappa shape index (κ2) is 5.66. The monoisotopic (exact) mass is 293 g/mol. The smallest absolute Gasteiger partial charge is 0.123 e. The van der Waals surface area contributed by atoms with Crippen molar-refractivity contribution in [2.45, 2.75) is 25.2 Å². The molecule has 2 N–H and O–H groups in total. The van der Waals surface area contributed by atoms with Crippen LogP contribution in [0.25, 0.3) is 0 Å². The summed E-state index contributed by atoms with van der Waals surface area (Å²) in [6.45, 7) is 0. The van der Waals surface area contributed by atoms with E-state index in [0.717, 1.165) is 30.4 Å². The Hall–Kier alpha value is -2.59. The SMILES string of the molecule is N#CC1=C(N)[C@H](C#N)[C@H](c2ccc(F)cc2)[C@@H]2CCCC=C12. The van der Waals surface area contributed by atoms with Crippen LogP contribution in [0.3, 0.4) is 0 Å². The summed E-state index contributed by atoms with van der Waals surface area (Å²) in [6.07, 6.45) is 4.95. The predicted molar refractivity (Wildman–Crippen MR) is 80.5 cm³/mol. The van der Waals surface area contributed by atoms with Gasteiger partial charge in [-0.15, -0.1) is 0 Å². The van der Waals surface area contributed by atoms with Crippen molar-refractivity contribution >= 4 is 0 Å². The van der Waals surface area contributed by atoms with Crippen LogP contribution in [0.15, 0.2) is 47.2 Å². The van der Waals surface area contributed by atoms with E-state index in [1.165, 1.54) is 12.1 Å². The van der Waals surface area contributed by atoms with Crippen LogP contribution < -0.4 is 5.73 Å². The van der Waals surface area contributed by atoms with Crippen LogP contribution in [-0.4, -0.2) is 0 Å². The third-order valence-corrected chi connectivity index (χ3v) is 4.69. The summed E-state index contributed by atoms with van der Waals surface area (Å²) < 4.78 is 13.2. The lowest BCUT2D eigenvalue weighted by Gasteiger charge is -2.39. The molecule has 0 spiro atoms. The van der Waals surface area contributed by atoms with E-state index >= 15 is 0 Å². The van der Waals surface area contributed by atoms with E-state index < -0.39 is 5.92 Å². The molecule has 0 saturated heterocycles. The summed E-state index contributed by atoms with van der Waals surface area (Å²) in [7, 11) is 0. The molecule has 2 aliphatic carbocycles. The zero-order chi connectivity index (χ0) is 15.7. The minimum atomic E-state index is -0.541. The van der Waals surface area contributed by atoms with Crippen molar-refractivity contribution in [2.75, 3.05) is 0 Å². The maximum absolute atomic E-state index is 13.2. The molecule has 0 saturated carbocycles. The summed E-state index contributed by atoms with van der Waals surface area (Å²) >= 11 is 0. The Morgan fingerprint density at radius 2 is 1.91 bits per heavy atom. The van der Waals surface area contributed by atoms with Crippen LogP contribution in [0.1, 0.15) is 30.7 Å². The molecule has 2 aliphatic rings. The molecule has 0 aliphatic heterocycles. The number of allylic oxidation sites excluding steroid dienone is 4. The van der Waals surface area contributed by atoms with Gasteiger partial charge in [-0.25, -0.2) is 4.39 Å². The van der Waals surface area contributed by atoms with Crippen LogP contribution in [0.2, 0.25) is 0 Å². The van der Waals surface area contributed by atoms with Gasteiger partial charge in [0.05, 0.1) is 17.6 Å². The van der Waals surface area contributed by atoms with Gasteiger partial charge in [0.15, 0.2) is 0 Å². The Morgan fingerprint density at radius 1 is 1.18 bits per heavy atom. The summed E-state index contributed by atoms with van der Waals surface area (Å²) in [6, 6.07) is 10.7. The minimum Gasteiger partial charge on any atom is -0.400 e. The first-order valence-corrected chi connectivity index (χ1v) is 7.42. The van der Waals surface area contributed by atoms with Gasteiger partial charge in [-0.05, 0) is 48.4 Å².